The standard InChI is InChI=1S/C18H23BrClF2N5O2.CH3F/c1-29-16-8-13(2-3-15(16)19)25-4-6-26(7-5-25)18(28)12-27(14(9-20)10-23)24-11-17(21)22;1-2/h2-3,8-9,11,17H,4-7,10,12,23H2,1H3;1H3/b14-9+,24-11+;. The van der Waals surface area contributed by atoms with Gasteiger partial charge in [-0.25, -0.2) is 8.78 Å². The van der Waals surface area contributed by atoms with Gasteiger partial charge < -0.3 is 20.3 Å². The summed E-state index contributed by atoms with van der Waals surface area (Å²) in [5.74, 6) is 0.490. The number of alkyl halides is 3. The summed E-state index contributed by atoms with van der Waals surface area (Å²) in [5, 5.41) is 4.74. The van der Waals surface area contributed by atoms with Crippen molar-refractivity contribution in [2.24, 2.45) is 10.8 Å². The fourth-order valence-corrected chi connectivity index (χ4v) is 3.45. The third-order valence-corrected chi connectivity index (χ3v) is 5.31. The summed E-state index contributed by atoms with van der Waals surface area (Å²) < 4.78 is 40.6. The number of anilines is 1. The Labute approximate surface area is 193 Å². The molecule has 1 aliphatic rings. The molecule has 174 valence electrons. The summed E-state index contributed by atoms with van der Waals surface area (Å²) in [6, 6.07) is 5.82. The molecule has 0 radical (unpaired) electrons. The van der Waals surface area contributed by atoms with Crippen LogP contribution in [0.25, 0.3) is 0 Å². The molecule has 0 bridgehead atoms. The number of rotatable bonds is 8. The summed E-state index contributed by atoms with van der Waals surface area (Å²) in [7, 11) is 2.10. The monoisotopic (exact) mass is 527 g/mol. The number of hydrogen-bond acceptors (Lipinski definition) is 6. The first-order valence-electron chi connectivity index (χ1n) is 9.22. The molecule has 1 aliphatic heterocycles. The topological polar surface area (TPSA) is 74.4 Å². The average Bonchev–Trinajstić information content (AvgIpc) is 2.79. The van der Waals surface area contributed by atoms with Crippen molar-refractivity contribution in [3.05, 3.63) is 33.9 Å². The van der Waals surface area contributed by atoms with Gasteiger partial charge in [0.1, 0.15) is 12.3 Å². The van der Waals surface area contributed by atoms with Crippen LogP contribution in [0.4, 0.5) is 18.9 Å². The van der Waals surface area contributed by atoms with Gasteiger partial charge in [-0.1, -0.05) is 11.6 Å². The van der Waals surface area contributed by atoms with E-state index in [2.05, 4.69) is 25.9 Å². The molecule has 1 saturated heterocycles. The van der Waals surface area contributed by atoms with Crippen molar-refractivity contribution in [3.63, 3.8) is 0 Å². The normalized spacial score (nSPS) is 14.5. The maximum absolute atomic E-state index is 12.6. The van der Waals surface area contributed by atoms with E-state index in [1.165, 1.54) is 0 Å². The van der Waals surface area contributed by atoms with Gasteiger partial charge in [0, 0.05) is 50.0 Å². The van der Waals surface area contributed by atoms with Crippen LogP contribution >= 0.6 is 27.5 Å². The summed E-state index contributed by atoms with van der Waals surface area (Å²) in [5.41, 5.74) is 7.97. The molecule has 0 unspecified atom stereocenters. The molecule has 0 aliphatic carbocycles. The second-order valence-electron chi connectivity index (χ2n) is 6.15. The molecule has 1 amide bonds. The van der Waals surface area contributed by atoms with Crippen LogP contribution in [-0.2, 0) is 4.79 Å². The predicted octanol–water partition coefficient (Wildman–Crippen LogP) is 3.28. The van der Waals surface area contributed by atoms with Crippen molar-refractivity contribution in [3.8, 4) is 5.75 Å². The van der Waals surface area contributed by atoms with E-state index in [1.807, 2.05) is 18.2 Å². The largest absolute Gasteiger partial charge is 0.495 e. The average molecular weight is 529 g/mol. The predicted molar refractivity (Wildman–Crippen MR) is 121 cm³/mol. The van der Waals surface area contributed by atoms with Crippen LogP contribution in [0.15, 0.2) is 39.0 Å². The Morgan fingerprint density at radius 2 is 2.00 bits per heavy atom. The smallest absolute Gasteiger partial charge is 0.275 e. The highest BCUT2D eigenvalue weighted by Gasteiger charge is 2.24. The van der Waals surface area contributed by atoms with Crippen LogP contribution in [0, 0.1) is 0 Å². The quantitative estimate of drug-likeness (QED) is 0.414. The Morgan fingerprint density at radius 1 is 1.35 bits per heavy atom. The molecule has 12 heteroatoms. The Hall–Kier alpha value is -1.98. The van der Waals surface area contributed by atoms with Gasteiger partial charge >= 0.3 is 0 Å². The molecule has 1 aromatic rings. The lowest BCUT2D eigenvalue weighted by atomic mass is 10.2. The number of hydrazone groups is 1. The number of benzene rings is 1. The first-order chi connectivity index (χ1) is 14.9. The molecule has 2 N–H and O–H groups in total. The van der Waals surface area contributed by atoms with Crippen LogP contribution in [0.3, 0.4) is 0 Å². The number of hydrogen-bond donors (Lipinski definition) is 1. The number of halogens is 5. The van der Waals surface area contributed by atoms with Gasteiger partial charge in [0.25, 0.3) is 6.43 Å². The van der Waals surface area contributed by atoms with Gasteiger partial charge in [-0.05, 0) is 28.1 Å². The van der Waals surface area contributed by atoms with Crippen molar-refractivity contribution in [2.45, 2.75) is 6.43 Å². The number of ether oxygens (including phenoxy) is 1. The van der Waals surface area contributed by atoms with Crippen molar-refractivity contribution in [1.29, 1.82) is 0 Å². The van der Waals surface area contributed by atoms with E-state index in [-0.39, 0.29) is 24.7 Å². The zero-order valence-electron chi connectivity index (χ0n) is 17.3. The fraction of sp³-hybridized carbons (Fsp3) is 0.474. The van der Waals surface area contributed by atoms with E-state index < -0.39 is 6.43 Å². The summed E-state index contributed by atoms with van der Waals surface area (Å²) in [6.07, 6.45) is -2.30. The lowest BCUT2D eigenvalue weighted by molar-refractivity contribution is -0.132. The summed E-state index contributed by atoms with van der Waals surface area (Å²) >= 11 is 9.11. The van der Waals surface area contributed by atoms with Gasteiger partial charge in [0.05, 0.1) is 30.7 Å². The van der Waals surface area contributed by atoms with E-state index in [0.29, 0.717) is 39.6 Å². The minimum Gasteiger partial charge on any atom is -0.495 e. The lowest BCUT2D eigenvalue weighted by Gasteiger charge is -2.37. The molecule has 31 heavy (non-hydrogen) atoms. The maximum atomic E-state index is 12.6. The van der Waals surface area contributed by atoms with Crippen molar-refractivity contribution >= 4 is 45.3 Å². The molecule has 1 fully saturated rings. The first-order valence-corrected chi connectivity index (χ1v) is 10.5. The molecular formula is C19H26BrClF3N5O2. The van der Waals surface area contributed by atoms with E-state index >= 15 is 0 Å². The molecule has 0 aromatic heterocycles. The number of piperazine rings is 1. The van der Waals surface area contributed by atoms with E-state index in [9.17, 15) is 18.0 Å². The van der Waals surface area contributed by atoms with Gasteiger partial charge in [0.2, 0.25) is 5.91 Å². The van der Waals surface area contributed by atoms with Crippen LogP contribution in [0.5, 0.6) is 5.75 Å². The van der Waals surface area contributed by atoms with Crippen molar-refractivity contribution in [1.82, 2.24) is 9.91 Å². The van der Waals surface area contributed by atoms with Crippen LogP contribution in [0.1, 0.15) is 0 Å². The Morgan fingerprint density at radius 3 is 2.52 bits per heavy atom. The van der Waals surface area contributed by atoms with Gasteiger partial charge in [-0.2, -0.15) is 5.10 Å². The molecule has 2 rings (SSSR count). The maximum Gasteiger partial charge on any atom is 0.275 e. The Kier molecular flexibility index (Phi) is 12.4. The number of nitrogens with zero attached hydrogens (tertiary/aromatic N) is 4. The van der Waals surface area contributed by atoms with E-state index in [4.69, 9.17) is 22.1 Å². The third kappa shape index (κ3) is 8.23. The minimum atomic E-state index is -2.74. The molecule has 0 spiro atoms. The number of carbonyl (C=O) groups excluding carboxylic acids is 1. The summed E-state index contributed by atoms with van der Waals surface area (Å²) in [4.78, 5) is 16.5. The lowest BCUT2D eigenvalue weighted by Crippen LogP contribution is -2.51. The van der Waals surface area contributed by atoms with Crippen molar-refractivity contribution < 1.29 is 22.7 Å². The molecule has 1 heterocycles. The second-order valence-corrected chi connectivity index (χ2v) is 7.22. The molecule has 7 nitrogen and oxygen atoms in total. The Bertz CT molecular complexity index is 762. The van der Waals surface area contributed by atoms with Gasteiger partial charge in [-0.15, -0.1) is 0 Å². The second kappa shape index (κ2) is 14.2. The SMILES string of the molecule is CF.COc1cc(N2CCN(C(=O)CN(/N=C/C(F)F)/C(=C/Cl)CN)CC2)ccc1Br. The fourth-order valence-electron chi connectivity index (χ4n) is 2.84. The van der Waals surface area contributed by atoms with E-state index in [0.717, 1.165) is 26.5 Å². The zero-order chi connectivity index (χ0) is 23.4. The van der Waals surface area contributed by atoms with Gasteiger partial charge in [-0.3, -0.25) is 14.2 Å². The Balaban J connectivity index is 0.00000233. The molecule has 0 saturated carbocycles. The highest BCUT2D eigenvalue weighted by Crippen LogP contribution is 2.30. The third-order valence-electron chi connectivity index (χ3n) is 4.40. The number of amides is 1. The number of methoxy groups -OCH3 is 1. The highest BCUT2D eigenvalue weighted by molar-refractivity contribution is 9.10. The molecule has 0 atom stereocenters. The number of carbonyl (C=O) groups is 1. The van der Waals surface area contributed by atoms with Crippen molar-refractivity contribution in [2.75, 3.05) is 58.5 Å². The van der Waals surface area contributed by atoms with Crippen LogP contribution < -0.4 is 15.4 Å². The first kappa shape index (κ1) is 27.1. The van der Waals surface area contributed by atoms with E-state index in [1.54, 1.807) is 12.0 Å². The number of nitrogens with two attached hydrogens (primary N) is 1. The molecule has 1 aromatic carbocycles. The van der Waals surface area contributed by atoms with Crippen LogP contribution in [0.2, 0.25) is 0 Å². The zero-order valence-corrected chi connectivity index (χ0v) is 19.6. The molecular weight excluding hydrogens is 503 g/mol. The highest BCUT2D eigenvalue weighted by atomic mass is 79.9. The summed E-state index contributed by atoms with van der Waals surface area (Å²) in [6.45, 7) is 2.00. The van der Waals surface area contributed by atoms with Gasteiger partial charge in [0.15, 0.2) is 0 Å². The minimum absolute atomic E-state index is 0.0312. The van der Waals surface area contributed by atoms with Crippen LogP contribution in [-0.4, -0.2) is 82.0 Å².